The predicted molar refractivity (Wildman–Crippen MR) is 81.2 cm³/mol. The van der Waals surface area contributed by atoms with Crippen molar-refractivity contribution in [2.24, 2.45) is 5.92 Å². The third-order valence-corrected chi connectivity index (χ3v) is 4.12. The van der Waals surface area contributed by atoms with E-state index < -0.39 is 0 Å². The second kappa shape index (κ2) is 6.83. The Kier molecular flexibility index (Phi) is 4.62. The van der Waals surface area contributed by atoms with Crippen LogP contribution in [0.1, 0.15) is 25.6 Å². The second-order valence-electron chi connectivity index (χ2n) is 5.56. The minimum Gasteiger partial charge on any atom is -0.381 e. The Morgan fingerprint density at radius 3 is 2.81 bits per heavy atom. The van der Waals surface area contributed by atoms with Gasteiger partial charge in [-0.1, -0.05) is 18.2 Å². The van der Waals surface area contributed by atoms with Crippen molar-refractivity contribution >= 4 is 0 Å². The summed E-state index contributed by atoms with van der Waals surface area (Å²) in [6, 6.07) is 10.5. The number of hydrogen-bond donors (Lipinski definition) is 1. The van der Waals surface area contributed by atoms with E-state index in [4.69, 9.17) is 4.74 Å². The fourth-order valence-corrected chi connectivity index (χ4v) is 2.72. The first-order valence-electron chi connectivity index (χ1n) is 7.60. The number of nitrogens with zero attached hydrogens (tertiary/aromatic N) is 3. The molecular weight excluding hydrogens is 264 g/mol. The fourth-order valence-electron chi connectivity index (χ4n) is 2.72. The average molecular weight is 286 g/mol. The highest BCUT2D eigenvalue weighted by Crippen LogP contribution is 2.18. The van der Waals surface area contributed by atoms with Crippen LogP contribution in [0.15, 0.2) is 36.7 Å². The lowest BCUT2D eigenvalue weighted by atomic mass is 9.93. The van der Waals surface area contributed by atoms with Crippen molar-refractivity contribution in [1.29, 1.82) is 0 Å². The Labute approximate surface area is 125 Å². The lowest BCUT2D eigenvalue weighted by Gasteiger charge is -2.28. The molecule has 0 unspecified atom stereocenters. The largest absolute Gasteiger partial charge is 0.381 e. The topological polar surface area (TPSA) is 52.0 Å². The van der Waals surface area contributed by atoms with Gasteiger partial charge in [0.25, 0.3) is 0 Å². The van der Waals surface area contributed by atoms with Crippen LogP contribution in [0.4, 0.5) is 0 Å². The van der Waals surface area contributed by atoms with E-state index >= 15 is 0 Å². The molecule has 21 heavy (non-hydrogen) atoms. The van der Waals surface area contributed by atoms with Gasteiger partial charge in [0.2, 0.25) is 0 Å². The van der Waals surface area contributed by atoms with Crippen molar-refractivity contribution in [3.05, 3.63) is 42.5 Å². The minimum atomic E-state index is 0.470. The summed E-state index contributed by atoms with van der Waals surface area (Å²) in [6.07, 6.45) is 4.05. The van der Waals surface area contributed by atoms with Crippen LogP contribution in [0, 0.1) is 5.92 Å². The van der Waals surface area contributed by atoms with E-state index in [0.29, 0.717) is 18.5 Å². The van der Waals surface area contributed by atoms with Crippen LogP contribution in [0.3, 0.4) is 0 Å². The van der Waals surface area contributed by atoms with Crippen molar-refractivity contribution in [3.8, 4) is 5.69 Å². The molecule has 0 bridgehead atoms. The summed E-state index contributed by atoms with van der Waals surface area (Å²) in [4.78, 5) is 4.37. The van der Waals surface area contributed by atoms with Crippen LogP contribution < -0.4 is 5.32 Å². The summed E-state index contributed by atoms with van der Waals surface area (Å²) in [5, 5.41) is 8.06. The van der Waals surface area contributed by atoms with Gasteiger partial charge in [-0.3, -0.25) is 0 Å². The van der Waals surface area contributed by atoms with Gasteiger partial charge in [-0.05, 0) is 37.8 Å². The maximum Gasteiger partial charge on any atom is 0.164 e. The van der Waals surface area contributed by atoms with Crippen LogP contribution in [0.25, 0.3) is 5.69 Å². The molecule has 1 N–H and O–H groups in total. The Morgan fingerprint density at radius 2 is 2.05 bits per heavy atom. The lowest BCUT2D eigenvalue weighted by Crippen LogP contribution is -2.36. The standard InChI is InChI=1S/C16H22N4O/c1-13(14-7-9-21-10-8-14)17-11-16-18-12-20(19-16)15-5-3-2-4-6-15/h2-6,12-14,17H,7-11H2,1H3/t13-/m0/s1. The van der Waals surface area contributed by atoms with Crippen molar-refractivity contribution in [2.45, 2.75) is 32.4 Å². The number of para-hydroxylation sites is 1. The van der Waals surface area contributed by atoms with Gasteiger partial charge in [0.1, 0.15) is 6.33 Å². The van der Waals surface area contributed by atoms with Gasteiger partial charge in [0, 0.05) is 19.3 Å². The molecule has 0 saturated carbocycles. The number of hydrogen-bond acceptors (Lipinski definition) is 4. The number of ether oxygens (including phenoxy) is 1. The van der Waals surface area contributed by atoms with E-state index in [1.165, 1.54) is 0 Å². The highest BCUT2D eigenvalue weighted by atomic mass is 16.5. The maximum atomic E-state index is 5.41. The molecule has 1 aliphatic rings. The van der Waals surface area contributed by atoms with E-state index in [0.717, 1.165) is 37.6 Å². The number of aromatic nitrogens is 3. The molecule has 2 aromatic rings. The van der Waals surface area contributed by atoms with Crippen molar-refractivity contribution in [3.63, 3.8) is 0 Å². The quantitative estimate of drug-likeness (QED) is 0.915. The summed E-state index contributed by atoms with van der Waals surface area (Å²) in [5.74, 6) is 1.52. The zero-order chi connectivity index (χ0) is 14.5. The molecular formula is C16H22N4O. The molecule has 0 amide bonds. The third-order valence-electron chi connectivity index (χ3n) is 4.12. The predicted octanol–water partition coefficient (Wildman–Crippen LogP) is 2.17. The SMILES string of the molecule is C[C@H](NCc1ncn(-c2ccccc2)n1)C1CCOCC1. The molecule has 2 heterocycles. The zero-order valence-electron chi connectivity index (χ0n) is 12.4. The third kappa shape index (κ3) is 3.68. The van der Waals surface area contributed by atoms with E-state index in [1.807, 2.05) is 35.0 Å². The van der Waals surface area contributed by atoms with Crippen LogP contribution in [0.2, 0.25) is 0 Å². The second-order valence-corrected chi connectivity index (χ2v) is 5.56. The molecule has 5 heteroatoms. The van der Waals surface area contributed by atoms with Crippen molar-refractivity contribution in [2.75, 3.05) is 13.2 Å². The van der Waals surface area contributed by atoms with Crippen molar-refractivity contribution in [1.82, 2.24) is 20.1 Å². The molecule has 0 aliphatic carbocycles. The normalized spacial score (nSPS) is 17.8. The van der Waals surface area contributed by atoms with Crippen molar-refractivity contribution < 1.29 is 4.74 Å². The van der Waals surface area contributed by atoms with Gasteiger partial charge in [0.15, 0.2) is 5.82 Å². The van der Waals surface area contributed by atoms with Gasteiger partial charge < -0.3 is 10.1 Å². The molecule has 3 rings (SSSR count). The average Bonchev–Trinajstić information content (AvgIpc) is 3.03. The summed E-state index contributed by atoms with van der Waals surface area (Å²) in [5.41, 5.74) is 1.04. The highest BCUT2D eigenvalue weighted by molar-refractivity contribution is 5.29. The van der Waals surface area contributed by atoms with E-state index in [-0.39, 0.29) is 0 Å². The van der Waals surface area contributed by atoms with Gasteiger partial charge in [-0.2, -0.15) is 0 Å². The first-order valence-corrected chi connectivity index (χ1v) is 7.60. The maximum absolute atomic E-state index is 5.41. The molecule has 1 aromatic heterocycles. The smallest absolute Gasteiger partial charge is 0.164 e. The Hall–Kier alpha value is -1.72. The summed E-state index contributed by atoms with van der Waals surface area (Å²) in [7, 11) is 0. The molecule has 1 fully saturated rings. The fraction of sp³-hybridized carbons (Fsp3) is 0.500. The van der Waals surface area contributed by atoms with Crippen LogP contribution in [0.5, 0.6) is 0 Å². The molecule has 1 aliphatic heterocycles. The first kappa shape index (κ1) is 14.2. The highest BCUT2D eigenvalue weighted by Gasteiger charge is 2.20. The Morgan fingerprint density at radius 1 is 1.29 bits per heavy atom. The summed E-state index contributed by atoms with van der Waals surface area (Å²) >= 11 is 0. The lowest BCUT2D eigenvalue weighted by molar-refractivity contribution is 0.0557. The molecule has 112 valence electrons. The van der Waals surface area contributed by atoms with E-state index in [1.54, 1.807) is 6.33 Å². The minimum absolute atomic E-state index is 0.470. The summed E-state index contributed by atoms with van der Waals surface area (Å²) < 4.78 is 7.22. The molecule has 1 aromatic carbocycles. The van der Waals surface area contributed by atoms with E-state index in [9.17, 15) is 0 Å². The van der Waals surface area contributed by atoms with Crippen LogP contribution in [-0.4, -0.2) is 34.0 Å². The molecule has 1 atom stereocenters. The first-order chi connectivity index (χ1) is 10.3. The molecule has 0 spiro atoms. The number of nitrogens with one attached hydrogen (secondary N) is 1. The van der Waals surface area contributed by atoms with Gasteiger partial charge >= 0.3 is 0 Å². The number of benzene rings is 1. The van der Waals surface area contributed by atoms with Crippen LogP contribution >= 0.6 is 0 Å². The van der Waals surface area contributed by atoms with Gasteiger partial charge in [-0.15, -0.1) is 5.10 Å². The Bertz CT molecular complexity index is 548. The number of rotatable bonds is 5. The van der Waals surface area contributed by atoms with Gasteiger partial charge in [0.05, 0.1) is 12.2 Å². The molecule has 1 saturated heterocycles. The zero-order valence-corrected chi connectivity index (χ0v) is 12.4. The molecule has 0 radical (unpaired) electrons. The molecule has 5 nitrogen and oxygen atoms in total. The summed E-state index contributed by atoms with van der Waals surface area (Å²) in [6.45, 7) is 4.72. The monoisotopic (exact) mass is 286 g/mol. The van der Waals surface area contributed by atoms with E-state index in [2.05, 4.69) is 22.3 Å². The Balaban J connectivity index is 1.55. The van der Waals surface area contributed by atoms with Crippen LogP contribution in [-0.2, 0) is 11.3 Å². The van der Waals surface area contributed by atoms with Gasteiger partial charge in [-0.25, -0.2) is 9.67 Å².